The van der Waals surface area contributed by atoms with Gasteiger partial charge in [0.15, 0.2) is 0 Å². The van der Waals surface area contributed by atoms with Gasteiger partial charge in [0.25, 0.3) is 0 Å². The van der Waals surface area contributed by atoms with Gasteiger partial charge in [0.05, 0.1) is 20.6 Å². The molecule has 0 aliphatic carbocycles. The van der Waals surface area contributed by atoms with Crippen LogP contribution in [0.2, 0.25) is 0 Å². The van der Waals surface area contributed by atoms with E-state index in [-0.39, 0.29) is 11.3 Å². The summed E-state index contributed by atoms with van der Waals surface area (Å²) in [7, 11) is 0. The maximum Gasteiger partial charge on any atom is 0.226 e. The van der Waals surface area contributed by atoms with Gasteiger partial charge in [0, 0.05) is 19.5 Å². The molecule has 3 rings (SSSR count). The number of rotatable bonds is 7. The van der Waals surface area contributed by atoms with Crippen LogP contribution in [0.25, 0.3) is 10.2 Å². The minimum Gasteiger partial charge on any atom is -0.352 e. The first kappa shape index (κ1) is 18.1. The second-order valence-corrected chi connectivity index (χ2v) is 7.85. The van der Waals surface area contributed by atoms with E-state index in [1.807, 2.05) is 18.2 Å². The summed E-state index contributed by atoms with van der Waals surface area (Å²) < 4.78 is 1.19. The smallest absolute Gasteiger partial charge is 0.226 e. The van der Waals surface area contributed by atoms with Crippen molar-refractivity contribution in [2.75, 3.05) is 19.6 Å². The maximum atomic E-state index is 13.0. The molecule has 1 aliphatic rings. The minimum atomic E-state index is -0.374. The summed E-state index contributed by atoms with van der Waals surface area (Å²) in [5.74, 6) is 0.163. The van der Waals surface area contributed by atoms with Crippen molar-refractivity contribution in [3.05, 3.63) is 40.9 Å². The Hall–Kier alpha value is -1.72. The van der Waals surface area contributed by atoms with Gasteiger partial charge in [-0.1, -0.05) is 37.6 Å². The molecule has 1 amide bonds. The molecule has 0 spiro atoms. The van der Waals surface area contributed by atoms with Crippen molar-refractivity contribution >= 4 is 27.5 Å². The second-order valence-electron chi connectivity index (χ2n) is 6.74. The normalized spacial score (nSPS) is 15.2. The van der Waals surface area contributed by atoms with Crippen LogP contribution in [0.5, 0.6) is 0 Å². The Morgan fingerprint density at radius 1 is 1.32 bits per heavy atom. The van der Waals surface area contributed by atoms with E-state index in [0.29, 0.717) is 13.0 Å². The molecule has 0 saturated heterocycles. The molecule has 2 heterocycles. The van der Waals surface area contributed by atoms with E-state index in [4.69, 9.17) is 4.98 Å². The largest absolute Gasteiger partial charge is 0.352 e. The molecule has 25 heavy (non-hydrogen) atoms. The van der Waals surface area contributed by atoms with Crippen molar-refractivity contribution in [1.29, 1.82) is 0 Å². The Morgan fingerprint density at radius 2 is 2.12 bits per heavy atom. The number of thiazole rings is 1. The van der Waals surface area contributed by atoms with Crippen molar-refractivity contribution in [3.63, 3.8) is 0 Å². The van der Waals surface area contributed by atoms with Gasteiger partial charge in [-0.05, 0) is 37.9 Å². The number of fused-ring (bicyclic) bond motifs is 1. The summed E-state index contributed by atoms with van der Waals surface area (Å²) >= 11 is 1.71. The molecule has 0 fully saturated rings. The van der Waals surface area contributed by atoms with E-state index in [1.54, 1.807) is 11.3 Å². The van der Waals surface area contributed by atoms with E-state index in [9.17, 15) is 4.79 Å². The van der Waals surface area contributed by atoms with Crippen molar-refractivity contribution in [1.82, 2.24) is 15.6 Å². The maximum absolute atomic E-state index is 13.0. The first-order valence-electron chi connectivity index (χ1n) is 9.18. The molecular weight excluding hydrogens is 330 g/mol. The molecule has 134 valence electrons. The Balaban J connectivity index is 1.72. The molecule has 0 saturated carbocycles. The fourth-order valence-electron chi connectivity index (χ4n) is 3.40. The molecule has 2 N–H and O–H groups in total. The van der Waals surface area contributed by atoms with Gasteiger partial charge in [-0.25, -0.2) is 4.98 Å². The topological polar surface area (TPSA) is 54.0 Å². The standard InChI is InChI=1S/C20H27N3OS/c1-3-20(4-2,19(24)22-14-15-9-11-21-12-10-15)13-18-23-16-7-5-6-8-17(16)25-18/h5-9,21H,3-4,10-14H2,1-2H3,(H,22,24). The van der Waals surface area contributed by atoms with Gasteiger partial charge in [0.2, 0.25) is 5.91 Å². The van der Waals surface area contributed by atoms with Gasteiger partial charge >= 0.3 is 0 Å². The van der Waals surface area contributed by atoms with E-state index >= 15 is 0 Å². The highest BCUT2D eigenvalue weighted by Crippen LogP contribution is 2.34. The first-order chi connectivity index (χ1) is 12.2. The predicted octanol–water partition coefficient (Wildman–Crippen LogP) is 3.68. The average Bonchev–Trinajstić information content (AvgIpc) is 3.07. The minimum absolute atomic E-state index is 0.163. The molecule has 2 aromatic rings. The summed E-state index contributed by atoms with van der Waals surface area (Å²) in [4.78, 5) is 17.8. The monoisotopic (exact) mass is 357 g/mol. The highest BCUT2D eigenvalue weighted by Gasteiger charge is 2.36. The third-order valence-corrected chi connectivity index (χ3v) is 6.33. The van der Waals surface area contributed by atoms with Crippen molar-refractivity contribution < 1.29 is 4.79 Å². The fourth-order valence-corrected chi connectivity index (χ4v) is 4.51. The molecule has 0 radical (unpaired) electrons. The average molecular weight is 358 g/mol. The third kappa shape index (κ3) is 4.10. The Kier molecular flexibility index (Phi) is 5.86. The van der Waals surface area contributed by atoms with E-state index in [0.717, 1.165) is 42.9 Å². The number of hydrogen-bond donors (Lipinski definition) is 2. The molecule has 0 unspecified atom stereocenters. The number of carbonyl (C=O) groups is 1. The van der Waals surface area contributed by atoms with Gasteiger partial charge in [0.1, 0.15) is 0 Å². The number of nitrogens with zero attached hydrogens (tertiary/aromatic N) is 1. The molecular formula is C20H27N3OS. The van der Waals surface area contributed by atoms with Crippen LogP contribution in [-0.4, -0.2) is 30.5 Å². The molecule has 1 aromatic carbocycles. The number of nitrogens with one attached hydrogen (secondary N) is 2. The van der Waals surface area contributed by atoms with Gasteiger partial charge in [-0.2, -0.15) is 0 Å². The van der Waals surface area contributed by atoms with Gasteiger partial charge in [-0.3, -0.25) is 4.79 Å². The lowest BCUT2D eigenvalue weighted by molar-refractivity contribution is -0.131. The molecule has 5 heteroatoms. The van der Waals surface area contributed by atoms with Crippen LogP contribution < -0.4 is 10.6 Å². The quantitative estimate of drug-likeness (QED) is 0.743. The number of amides is 1. The fraction of sp³-hybridized carbons (Fsp3) is 0.500. The number of carbonyl (C=O) groups excluding carboxylic acids is 1. The van der Waals surface area contributed by atoms with Crippen LogP contribution in [0.15, 0.2) is 35.9 Å². The highest BCUT2D eigenvalue weighted by molar-refractivity contribution is 7.18. The molecule has 4 nitrogen and oxygen atoms in total. The molecule has 1 aromatic heterocycles. The molecule has 0 bridgehead atoms. The van der Waals surface area contributed by atoms with E-state index in [2.05, 4.69) is 36.6 Å². The Morgan fingerprint density at radius 3 is 2.80 bits per heavy atom. The van der Waals surface area contributed by atoms with E-state index < -0.39 is 0 Å². The van der Waals surface area contributed by atoms with Crippen LogP contribution in [0.3, 0.4) is 0 Å². The summed E-state index contributed by atoms with van der Waals surface area (Å²) in [5, 5.41) is 7.55. The zero-order valence-corrected chi connectivity index (χ0v) is 15.9. The van der Waals surface area contributed by atoms with Crippen LogP contribution in [0.4, 0.5) is 0 Å². The van der Waals surface area contributed by atoms with Crippen LogP contribution in [0, 0.1) is 5.41 Å². The summed E-state index contributed by atoms with van der Waals surface area (Å²) in [6.07, 6.45) is 5.57. The van der Waals surface area contributed by atoms with Crippen LogP contribution >= 0.6 is 11.3 Å². The lowest BCUT2D eigenvalue weighted by Gasteiger charge is -2.30. The number of benzene rings is 1. The Labute approximate surface area is 153 Å². The number of para-hydroxylation sites is 1. The van der Waals surface area contributed by atoms with Gasteiger partial charge < -0.3 is 10.6 Å². The Bertz CT molecular complexity index is 728. The SMILES string of the molecule is CCC(CC)(Cc1nc2ccccc2s1)C(=O)NCC1=CCNCC1. The van der Waals surface area contributed by atoms with Crippen LogP contribution in [-0.2, 0) is 11.2 Å². The van der Waals surface area contributed by atoms with E-state index in [1.165, 1.54) is 10.3 Å². The zero-order valence-electron chi connectivity index (χ0n) is 15.1. The molecule has 1 aliphatic heterocycles. The lowest BCUT2D eigenvalue weighted by Crippen LogP contribution is -2.43. The van der Waals surface area contributed by atoms with Gasteiger partial charge in [-0.15, -0.1) is 11.3 Å². The summed E-state index contributed by atoms with van der Waals surface area (Å²) in [6.45, 7) is 6.80. The summed E-state index contributed by atoms with van der Waals surface area (Å²) in [5.41, 5.74) is 1.98. The highest BCUT2D eigenvalue weighted by atomic mass is 32.1. The van der Waals surface area contributed by atoms with Crippen molar-refractivity contribution in [2.45, 2.75) is 39.5 Å². The molecule has 0 atom stereocenters. The lowest BCUT2D eigenvalue weighted by atomic mass is 9.78. The predicted molar refractivity (Wildman–Crippen MR) is 105 cm³/mol. The zero-order chi connectivity index (χ0) is 17.7. The number of aromatic nitrogens is 1. The van der Waals surface area contributed by atoms with Crippen molar-refractivity contribution in [2.24, 2.45) is 5.41 Å². The third-order valence-electron chi connectivity index (χ3n) is 5.30. The second kappa shape index (κ2) is 8.11. The first-order valence-corrected chi connectivity index (χ1v) is 10.00. The van der Waals surface area contributed by atoms with Crippen LogP contribution in [0.1, 0.15) is 38.1 Å². The summed E-state index contributed by atoms with van der Waals surface area (Å²) in [6, 6.07) is 8.19. The van der Waals surface area contributed by atoms with Crippen molar-refractivity contribution in [3.8, 4) is 0 Å². The number of hydrogen-bond acceptors (Lipinski definition) is 4.